The summed E-state index contributed by atoms with van der Waals surface area (Å²) in [4.78, 5) is 11.5. The lowest BCUT2D eigenvalue weighted by Gasteiger charge is -2.13. The van der Waals surface area contributed by atoms with Gasteiger partial charge < -0.3 is 0 Å². The lowest BCUT2D eigenvalue weighted by Crippen LogP contribution is -2.11. The lowest BCUT2D eigenvalue weighted by molar-refractivity contribution is 0.101. The minimum Gasteiger partial charge on any atom is -0.295 e. The Morgan fingerprint density at radius 3 is 2.27 bits per heavy atom. The Morgan fingerprint density at radius 1 is 1.05 bits per heavy atom. The van der Waals surface area contributed by atoms with Crippen LogP contribution in [0.4, 0.5) is 14.5 Å². The molecule has 2 aromatic rings. The van der Waals surface area contributed by atoms with E-state index in [9.17, 15) is 22.0 Å². The third-order valence-corrected chi connectivity index (χ3v) is 3.53. The number of benzene rings is 2. The topological polar surface area (TPSA) is 63.2 Å². The summed E-state index contributed by atoms with van der Waals surface area (Å²) in [5, 5.41) is 0. The first kappa shape index (κ1) is 16.1. The van der Waals surface area contributed by atoms with Crippen LogP contribution in [0.25, 0.3) is 11.1 Å². The quantitative estimate of drug-likeness (QED) is 0.878. The molecule has 7 heteroatoms. The van der Waals surface area contributed by atoms with Crippen LogP contribution in [0.5, 0.6) is 0 Å². The van der Waals surface area contributed by atoms with Crippen LogP contribution in [0.2, 0.25) is 0 Å². The van der Waals surface area contributed by atoms with Gasteiger partial charge in [0.1, 0.15) is 11.6 Å². The van der Waals surface area contributed by atoms with Gasteiger partial charge in [-0.1, -0.05) is 0 Å². The molecule has 0 aromatic heterocycles. The van der Waals surface area contributed by atoms with E-state index in [1.807, 2.05) is 0 Å². The molecule has 0 saturated carbocycles. The van der Waals surface area contributed by atoms with Crippen LogP contribution in [0.3, 0.4) is 0 Å². The van der Waals surface area contributed by atoms with E-state index >= 15 is 0 Å². The molecule has 2 rings (SSSR count). The van der Waals surface area contributed by atoms with Gasteiger partial charge in [-0.15, -0.1) is 0 Å². The van der Waals surface area contributed by atoms with Crippen molar-refractivity contribution in [1.82, 2.24) is 0 Å². The van der Waals surface area contributed by atoms with Crippen molar-refractivity contribution >= 4 is 21.5 Å². The predicted molar refractivity (Wildman–Crippen MR) is 80.3 cm³/mol. The number of carbonyl (C=O) groups is 1. The molecular formula is C15H13F2NO3S. The van der Waals surface area contributed by atoms with Crippen LogP contribution in [-0.4, -0.2) is 20.5 Å². The molecule has 4 nitrogen and oxygen atoms in total. The molecule has 0 aliphatic rings. The van der Waals surface area contributed by atoms with Crippen LogP contribution < -0.4 is 4.72 Å². The summed E-state index contributed by atoms with van der Waals surface area (Å²) in [5.74, 6) is -1.85. The van der Waals surface area contributed by atoms with Crippen molar-refractivity contribution in [2.75, 3.05) is 11.0 Å². The van der Waals surface area contributed by atoms with E-state index in [-0.39, 0.29) is 28.2 Å². The second-order valence-electron chi connectivity index (χ2n) is 4.81. The Labute approximate surface area is 126 Å². The molecule has 0 spiro atoms. The molecule has 22 heavy (non-hydrogen) atoms. The number of anilines is 1. The van der Waals surface area contributed by atoms with Gasteiger partial charge >= 0.3 is 0 Å². The fourth-order valence-corrected chi connectivity index (χ4v) is 2.56. The van der Waals surface area contributed by atoms with Crippen LogP contribution in [-0.2, 0) is 10.0 Å². The van der Waals surface area contributed by atoms with Gasteiger partial charge in [-0.2, -0.15) is 0 Å². The molecule has 0 amide bonds. The minimum atomic E-state index is -3.59. The molecule has 116 valence electrons. The molecular weight excluding hydrogens is 312 g/mol. The zero-order chi connectivity index (χ0) is 16.5. The molecule has 0 heterocycles. The lowest BCUT2D eigenvalue weighted by atomic mass is 9.99. The van der Waals surface area contributed by atoms with Gasteiger partial charge in [0, 0.05) is 22.8 Å². The summed E-state index contributed by atoms with van der Waals surface area (Å²) in [6, 6.07) is 7.11. The molecule has 1 N–H and O–H groups in total. The van der Waals surface area contributed by atoms with Crippen molar-refractivity contribution in [2.45, 2.75) is 6.92 Å². The summed E-state index contributed by atoms with van der Waals surface area (Å²) in [7, 11) is -3.59. The van der Waals surface area contributed by atoms with E-state index in [0.717, 1.165) is 12.3 Å². The third kappa shape index (κ3) is 3.67. The SMILES string of the molecule is CC(=O)c1ccc(NS(C)(=O)=O)c(-c2ccc(F)cc2F)c1. The normalized spacial score (nSPS) is 11.3. The van der Waals surface area contributed by atoms with E-state index in [2.05, 4.69) is 4.72 Å². The van der Waals surface area contributed by atoms with Crippen molar-refractivity contribution in [2.24, 2.45) is 0 Å². The van der Waals surface area contributed by atoms with Crippen molar-refractivity contribution in [3.63, 3.8) is 0 Å². The van der Waals surface area contributed by atoms with Gasteiger partial charge in [-0.3, -0.25) is 9.52 Å². The highest BCUT2D eigenvalue weighted by molar-refractivity contribution is 7.92. The van der Waals surface area contributed by atoms with Crippen LogP contribution in [0, 0.1) is 11.6 Å². The zero-order valence-corrected chi connectivity index (χ0v) is 12.7. The van der Waals surface area contributed by atoms with E-state index in [1.54, 1.807) is 0 Å². The smallest absolute Gasteiger partial charge is 0.229 e. The predicted octanol–water partition coefficient (Wildman–Crippen LogP) is 3.21. The molecule has 0 saturated heterocycles. The number of rotatable bonds is 4. The first-order valence-electron chi connectivity index (χ1n) is 6.25. The number of hydrogen-bond acceptors (Lipinski definition) is 3. The summed E-state index contributed by atoms with van der Waals surface area (Å²) in [5.41, 5.74) is 0.557. The number of halogens is 2. The monoisotopic (exact) mass is 325 g/mol. The van der Waals surface area contributed by atoms with Gasteiger partial charge in [-0.25, -0.2) is 17.2 Å². The van der Waals surface area contributed by atoms with Crippen LogP contribution in [0.15, 0.2) is 36.4 Å². The summed E-state index contributed by atoms with van der Waals surface area (Å²) in [6.07, 6.45) is 0.955. The van der Waals surface area contributed by atoms with E-state index < -0.39 is 21.7 Å². The second-order valence-corrected chi connectivity index (χ2v) is 6.56. The van der Waals surface area contributed by atoms with Gasteiger partial charge in [0.05, 0.1) is 11.9 Å². The number of hydrogen-bond donors (Lipinski definition) is 1. The van der Waals surface area contributed by atoms with Crippen molar-refractivity contribution in [1.29, 1.82) is 0 Å². The third-order valence-electron chi connectivity index (χ3n) is 2.94. The number of carbonyl (C=O) groups excluding carboxylic acids is 1. The number of ketones is 1. The van der Waals surface area contributed by atoms with Gasteiger partial charge in [0.2, 0.25) is 10.0 Å². The van der Waals surface area contributed by atoms with Crippen LogP contribution >= 0.6 is 0 Å². The van der Waals surface area contributed by atoms with Gasteiger partial charge in [-0.05, 0) is 37.3 Å². The fourth-order valence-electron chi connectivity index (χ4n) is 1.98. The Bertz CT molecular complexity index is 848. The number of sulfonamides is 1. The summed E-state index contributed by atoms with van der Waals surface area (Å²) >= 11 is 0. The molecule has 0 bridgehead atoms. The molecule has 0 radical (unpaired) electrons. The molecule has 0 aliphatic carbocycles. The van der Waals surface area contributed by atoms with Crippen molar-refractivity contribution in [3.8, 4) is 11.1 Å². The average molecular weight is 325 g/mol. The molecule has 2 aromatic carbocycles. The second kappa shape index (κ2) is 5.84. The summed E-state index contributed by atoms with van der Waals surface area (Å²) < 4.78 is 52.1. The van der Waals surface area contributed by atoms with Gasteiger partial charge in [0.15, 0.2) is 5.78 Å². The van der Waals surface area contributed by atoms with Crippen molar-refractivity contribution in [3.05, 3.63) is 53.6 Å². The highest BCUT2D eigenvalue weighted by atomic mass is 32.2. The zero-order valence-electron chi connectivity index (χ0n) is 11.9. The van der Waals surface area contributed by atoms with E-state index in [4.69, 9.17) is 0 Å². The van der Waals surface area contributed by atoms with E-state index in [0.29, 0.717) is 6.07 Å². The molecule has 0 aliphatic heterocycles. The largest absolute Gasteiger partial charge is 0.295 e. The van der Waals surface area contributed by atoms with Crippen LogP contribution in [0.1, 0.15) is 17.3 Å². The Hall–Kier alpha value is -2.28. The molecule has 0 unspecified atom stereocenters. The van der Waals surface area contributed by atoms with E-state index in [1.165, 1.54) is 31.2 Å². The maximum absolute atomic E-state index is 14.0. The Kier molecular flexibility index (Phi) is 4.27. The minimum absolute atomic E-state index is 0.00403. The highest BCUT2D eigenvalue weighted by Crippen LogP contribution is 2.32. The maximum Gasteiger partial charge on any atom is 0.229 e. The Morgan fingerprint density at radius 2 is 1.73 bits per heavy atom. The number of Topliss-reactive ketones (excluding diaryl/α,β-unsaturated/α-hetero) is 1. The first-order valence-corrected chi connectivity index (χ1v) is 8.15. The highest BCUT2D eigenvalue weighted by Gasteiger charge is 2.15. The Balaban J connectivity index is 2.68. The first-order chi connectivity index (χ1) is 10.2. The maximum atomic E-state index is 14.0. The fraction of sp³-hybridized carbons (Fsp3) is 0.133. The molecule has 0 atom stereocenters. The van der Waals surface area contributed by atoms with Crippen molar-refractivity contribution < 1.29 is 22.0 Å². The van der Waals surface area contributed by atoms with Gasteiger partial charge in [0.25, 0.3) is 0 Å². The molecule has 0 fully saturated rings. The number of nitrogens with one attached hydrogen (secondary N) is 1. The average Bonchev–Trinajstić information content (AvgIpc) is 2.37. The standard InChI is InChI=1S/C15H13F2NO3S/c1-9(19)10-3-6-15(18-22(2,20)21)13(7-10)12-5-4-11(16)8-14(12)17/h3-8,18H,1-2H3. The summed E-state index contributed by atoms with van der Waals surface area (Å²) in [6.45, 7) is 1.34.